The van der Waals surface area contributed by atoms with Crippen LogP contribution in [0.1, 0.15) is 29.4 Å². The first-order valence-electron chi connectivity index (χ1n) is 5.50. The molecule has 0 N–H and O–H groups in total. The predicted octanol–water partition coefficient (Wildman–Crippen LogP) is 2.17. The van der Waals surface area contributed by atoms with Crippen LogP contribution >= 0.6 is 11.3 Å². The zero-order chi connectivity index (χ0) is 11.5. The molecule has 1 saturated heterocycles. The number of carbonyl (C=O) groups is 1. The number of carbonyl (C=O) groups excluding carboxylic acids is 1. The van der Waals surface area contributed by atoms with Crippen LogP contribution in [0.25, 0.3) is 0 Å². The van der Waals surface area contributed by atoms with Crippen molar-refractivity contribution in [2.24, 2.45) is 5.92 Å². The van der Waals surface area contributed by atoms with E-state index < -0.39 is 0 Å². The van der Waals surface area contributed by atoms with Crippen molar-refractivity contribution in [2.75, 3.05) is 25.1 Å². The van der Waals surface area contributed by atoms with Crippen LogP contribution < -0.4 is 4.90 Å². The first kappa shape index (κ1) is 11.4. The van der Waals surface area contributed by atoms with Gasteiger partial charge in [0.15, 0.2) is 5.13 Å². The highest BCUT2D eigenvalue weighted by molar-refractivity contribution is 7.17. The maximum atomic E-state index is 11.3. The molecule has 0 spiro atoms. The summed E-state index contributed by atoms with van der Waals surface area (Å²) in [7, 11) is 1.39. The van der Waals surface area contributed by atoms with Crippen LogP contribution in [-0.2, 0) is 4.74 Å². The van der Waals surface area contributed by atoms with Crippen molar-refractivity contribution in [1.29, 1.82) is 0 Å². The third kappa shape index (κ3) is 2.35. The van der Waals surface area contributed by atoms with Crippen LogP contribution in [0.15, 0.2) is 6.20 Å². The molecule has 2 heterocycles. The molecule has 1 aromatic rings. The fourth-order valence-electron chi connectivity index (χ4n) is 1.97. The van der Waals surface area contributed by atoms with E-state index in [2.05, 4.69) is 21.5 Å². The van der Waals surface area contributed by atoms with E-state index in [1.807, 2.05) is 0 Å². The summed E-state index contributed by atoms with van der Waals surface area (Å²) >= 11 is 1.41. The highest BCUT2D eigenvalue weighted by Gasteiger charge is 2.20. The number of esters is 1. The van der Waals surface area contributed by atoms with Gasteiger partial charge in [0.05, 0.1) is 13.3 Å². The zero-order valence-corrected chi connectivity index (χ0v) is 10.4. The zero-order valence-electron chi connectivity index (χ0n) is 9.60. The van der Waals surface area contributed by atoms with Crippen LogP contribution in [0.4, 0.5) is 5.13 Å². The fourth-order valence-corrected chi connectivity index (χ4v) is 2.84. The molecule has 0 radical (unpaired) electrons. The van der Waals surface area contributed by atoms with Gasteiger partial charge in [0.1, 0.15) is 4.88 Å². The summed E-state index contributed by atoms with van der Waals surface area (Å²) in [6.45, 7) is 4.33. The second-order valence-electron chi connectivity index (χ2n) is 4.19. The van der Waals surface area contributed by atoms with Crippen molar-refractivity contribution in [1.82, 2.24) is 4.98 Å². The topological polar surface area (TPSA) is 42.4 Å². The number of hydrogen-bond donors (Lipinski definition) is 0. The molecule has 0 aliphatic carbocycles. The highest BCUT2D eigenvalue weighted by Crippen LogP contribution is 2.27. The molecule has 1 aliphatic rings. The molecule has 1 unspecified atom stereocenters. The third-order valence-electron chi connectivity index (χ3n) is 2.81. The lowest BCUT2D eigenvalue weighted by atomic mass is 10.0. The first-order chi connectivity index (χ1) is 7.70. The number of nitrogens with zero attached hydrogens (tertiary/aromatic N) is 2. The number of ether oxygens (including phenoxy) is 1. The number of anilines is 1. The van der Waals surface area contributed by atoms with E-state index in [4.69, 9.17) is 0 Å². The SMILES string of the molecule is COC(=O)c1cnc(N2CCCC(C)C2)s1. The Balaban J connectivity index is 2.09. The van der Waals surface area contributed by atoms with Gasteiger partial charge in [0.25, 0.3) is 0 Å². The molecule has 1 aliphatic heterocycles. The quantitative estimate of drug-likeness (QED) is 0.743. The van der Waals surface area contributed by atoms with Crippen molar-refractivity contribution in [3.8, 4) is 0 Å². The Morgan fingerprint density at radius 3 is 3.19 bits per heavy atom. The third-order valence-corrected chi connectivity index (χ3v) is 3.85. The minimum absolute atomic E-state index is 0.297. The lowest BCUT2D eigenvalue weighted by molar-refractivity contribution is 0.0606. The molecule has 0 aromatic carbocycles. The van der Waals surface area contributed by atoms with Crippen LogP contribution in [-0.4, -0.2) is 31.2 Å². The van der Waals surface area contributed by atoms with Gasteiger partial charge in [-0.05, 0) is 18.8 Å². The maximum Gasteiger partial charge on any atom is 0.349 e. The van der Waals surface area contributed by atoms with Gasteiger partial charge in [-0.15, -0.1) is 0 Å². The van der Waals surface area contributed by atoms with Crippen LogP contribution in [0.2, 0.25) is 0 Å². The van der Waals surface area contributed by atoms with Gasteiger partial charge in [-0.1, -0.05) is 18.3 Å². The van der Waals surface area contributed by atoms with Crippen molar-refractivity contribution in [3.05, 3.63) is 11.1 Å². The van der Waals surface area contributed by atoms with E-state index in [1.54, 1.807) is 6.20 Å². The van der Waals surface area contributed by atoms with Crippen molar-refractivity contribution < 1.29 is 9.53 Å². The molecule has 1 fully saturated rings. The Hall–Kier alpha value is -1.10. The van der Waals surface area contributed by atoms with Crippen molar-refractivity contribution >= 4 is 22.4 Å². The summed E-state index contributed by atoms with van der Waals surface area (Å²) in [6.07, 6.45) is 4.09. The molecule has 0 bridgehead atoms. The van der Waals surface area contributed by atoms with Gasteiger partial charge >= 0.3 is 5.97 Å². The maximum absolute atomic E-state index is 11.3. The molecule has 2 rings (SSSR count). The minimum Gasteiger partial charge on any atom is -0.465 e. The summed E-state index contributed by atoms with van der Waals surface area (Å²) in [5.74, 6) is 0.410. The predicted molar refractivity (Wildman–Crippen MR) is 64.1 cm³/mol. The molecule has 0 saturated carbocycles. The van der Waals surface area contributed by atoms with E-state index >= 15 is 0 Å². The minimum atomic E-state index is -0.297. The second-order valence-corrected chi connectivity index (χ2v) is 5.20. The number of hydrogen-bond acceptors (Lipinski definition) is 5. The van der Waals surface area contributed by atoms with Gasteiger partial charge in [-0.25, -0.2) is 9.78 Å². The van der Waals surface area contributed by atoms with E-state index in [0.717, 1.165) is 18.2 Å². The van der Waals surface area contributed by atoms with Crippen molar-refractivity contribution in [2.45, 2.75) is 19.8 Å². The van der Waals surface area contributed by atoms with Gasteiger partial charge in [0, 0.05) is 13.1 Å². The standard InChI is InChI=1S/C11H16N2O2S/c1-8-4-3-5-13(7-8)11-12-6-9(16-11)10(14)15-2/h6,8H,3-5,7H2,1-2H3. The van der Waals surface area contributed by atoms with Crippen LogP contribution in [0.3, 0.4) is 0 Å². The van der Waals surface area contributed by atoms with Gasteiger partial charge in [0.2, 0.25) is 0 Å². The first-order valence-corrected chi connectivity index (χ1v) is 6.31. The van der Waals surface area contributed by atoms with Crippen molar-refractivity contribution in [3.63, 3.8) is 0 Å². The molecule has 5 heteroatoms. The number of thiazole rings is 1. The molecule has 88 valence electrons. The normalized spacial score (nSPS) is 20.9. The van der Waals surface area contributed by atoms with E-state index in [1.165, 1.54) is 31.3 Å². The molecule has 1 atom stereocenters. The van der Waals surface area contributed by atoms with Crippen LogP contribution in [0, 0.1) is 5.92 Å². The molecular weight excluding hydrogens is 224 g/mol. The van der Waals surface area contributed by atoms with Crippen LogP contribution in [0.5, 0.6) is 0 Å². The monoisotopic (exact) mass is 240 g/mol. The number of methoxy groups -OCH3 is 1. The average Bonchev–Trinajstić information content (AvgIpc) is 2.77. The van der Waals surface area contributed by atoms with Gasteiger partial charge in [-0.3, -0.25) is 0 Å². The number of rotatable bonds is 2. The summed E-state index contributed by atoms with van der Waals surface area (Å²) in [5.41, 5.74) is 0. The molecule has 16 heavy (non-hydrogen) atoms. The number of aromatic nitrogens is 1. The van der Waals surface area contributed by atoms with Gasteiger partial charge < -0.3 is 9.64 Å². The Labute approximate surface area is 99.2 Å². The molecular formula is C11H16N2O2S. The highest BCUT2D eigenvalue weighted by atomic mass is 32.1. The summed E-state index contributed by atoms with van der Waals surface area (Å²) < 4.78 is 4.67. The lowest BCUT2D eigenvalue weighted by Gasteiger charge is -2.30. The second kappa shape index (κ2) is 4.82. The van der Waals surface area contributed by atoms with E-state index in [0.29, 0.717) is 10.8 Å². The average molecular weight is 240 g/mol. The lowest BCUT2D eigenvalue weighted by Crippen LogP contribution is -2.34. The van der Waals surface area contributed by atoms with E-state index in [9.17, 15) is 4.79 Å². The fraction of sp³-hybridized carbons (Fsp3) is 0.636. The summed E-state index contributed by atoms with van der Waals surface area (Å²) in [5, 5.41) is 0.937. The Kier molecular flexibility index (Phi) is 3.43. The molecule has 4 nitrogen and oxygen atoms in total. The van der Waals surface area contributed by atoms with E-state index in [-0.39, 0.29) is 5.97 Å². The Morgan fingerprint density at radius 1 is 1.69 bits per heavy atom. The Bertz CT molecular complexity index is 378. The van der Waals surface area contributed by atoms with Gasteiger partial charge in [-0.2, -0.15) is 0 Å². The summed E-state index contributed by atoms with van der Waals surface area (Å²) in [4.78, 5) is 18.4. The number of piperidine rings is 1. The largest absolute Gasteiger partial charge is 0.465 e. The molecule has 0 amide bonds. The molecule has 1 aromatic heterocycles. The Morgan fingerprint density at radius 2 is 2.50 bits per heavy atom. The summed E-state index contributed by atoms with van der Waals surface area (Å²) in [6, 6.07) is 0. The smallest absolute Gasteiger partial charge is 0.349 e.